The molecule has 1 aliphatic heterocycles. The Morgan fingerprint density at radius 3 is 3.00 bits per heavy atom. The van der Waals surface area contributed by atoms with Crippen LogP contribution in [-0.2, 0) is 4.74 Å². The first-order valence-electron chi connectivity index (χ1n) is 8.10. The van der Waals surface area contributed by atoms with Crippen LogP contribution >= 0.6 is 0 Å². The molecule has 128 valence electrons. The van der Waals surface area contributed by atoms with Gasteiger partial charge in [-0.3, -0.25) is 4.99 Å². The van der Waals surface area contributed by atoms with Crippen LogP contribution in [-0.4, -0.2) is 55.9 Å². The zero-order chi connectivity index (χ0) is 16.7. The lowest BCUT2D eigenvalue weighted by Crippen LogP contribution is -2.40. The van der Waals surface area contributed by atoms with Gasteiger partial charge in [0.15, 0.2) is 5.96 Å². The molecule has 0 saturated carbocycles. The van der Waals surface area contributed by atoms with Crippen LogP contribution in [0.25, 0.3) is 0 Å². The van der Waals surface area contributed by atoms with Gasteiger partial charge in [0.1, 0.15) is 11.9 Å². The number of methoxy groups -OCH3 is 1. The lowest BCUT2D eigenvalue weighted by molar-refractivity contribution is 0.157. The Hall–Kier alpha value is -1.66. The van der Waals surface area contributed by atoms with Gasteiger partial charge in [-0.25, -0.2) is 4.39 Å². The minimum absolute atomic E-state index is 0.134. The van der Waals surface area contributed by atoms with Gasteiger partial charge in [0.2, 0.25) is 0 Å². The molecule has 1 heterocycles. The monoisotopic (exact) mass is 323 g/mol. The van der Waals surface area contributed by atoms with Crippen molar-refractivity contribution < 1.29 is 14.2 Å². The second-order valence-electron chi connectivity index (χ2n) is 5.79. The summed E-state index contributed by atoms with van der Waals surface area (Å²) < 4.78 is 18.9. The molecule has 1 fully saturated rings. The van der Waals surface area contributed by atoms with Crippen molar-refractivity contribution in [2.75, 3.05) is 39.9 Å². The molecular formula is C17H26FN3O2. The van der Waals surface area contributed by atoms with Gasteiger partial charge in [-0.05, 0) is 19.4 Å². The number of hydrogen-bond donors (Lipinski definition) is 2. The maximum atomic E-state index is 13.7. The number of nitrogens with zero attached hydrogens (tertiary/aromatic N) is 2. The van der Waals surface area contributed by atoms with E-state index in [0.29, 0.717) is 5.92 Å². The van der Waals surface area contributed by atoms with Gasteiger partial charge >= 0.3 is 0 Å². The molecule has 0 bridgehead atoms. The van der Waals surface area contributed by atoms with E-state index in [9.17, 15) is 9.50 Å². The van der Waals surface area contributed by atoms with Crippen LogP contribution in [0.5, 0.6) is 0 Å². The van der Waals surface area contributed by atoms with Gasteiger partial charge in [-0.15, -0.1) is 0 Å². The quantitative estimate of drug-likeness (QED) is 0.619. The average Bonchev–Trinajstić information content (AvgIpc) is 3.00. The molecule has 2 N–H and O–H groups in total. The third-order valence-electron chi connectivity index (χ3n) is 4.00. The van der Waals surface area contributed by atoms with E-state index in [-0.39, 0.29) is 12.1 Å². The SMILES string of the molecule is CCNC(=NCC(O)c1ccccc1F)N1CCC(COC)C1. The number of ether oxygens (including phenoxy) is 1. The van der Waals surface area contributed by atoms with E-state index in [2.05, 4.69) is 15.2 Å². The first kappa shape index (κ1) is 17.7. The van der Waals surface area contributed by atoms with Gasteiger partial charge in [0, 0.05) is 38.2 Å². The molecule has 1 aliphatic rings. The van der Waals surface area contributed by atoms with Crippen molar-refractivity contribution in [2.24, 2.45) is 10.9 Å². The summed E-state index contributed by atoms with van der Waals surface area (Å²) in [7, 11) is 1.71. The number of halogens is 1. The highest BCUT2D eigenvalue weighted by molar-refractivity contribution is 5.80. The minimum Gasteiger partial charge on any atom is -0.386 e. The number of rotatable bonds is 6. The van der Waals surface area contributed by atoms with E-state index in [0.717, 1.165) is 38.6 Å². The Morgan fingerprint density at radius 2 is 2.30 bits per heavy atom. The zero-order valence-corrected chi connectivity index (χ0v) is 13.8. The van der Waals surface area contributed by atoms with E-state index in [4.69, 9.17) is 4.74 Å². The van der Waals surface area contributed by atoms with E-state index in [1.165, 1.54) is 6.07 Å². The summed E-state index contributed by atoms with van der Waals surface area (Å²) in [6, 6.07) is 6.27. The van der Waals surface area contributed by atoms with Crippen molar-refractivity contribution in [1.82, 2.24) is 10.2 Å². The molecule has 23 heavy (non-hydrogen) atoms. The largest absolute Gasteiger partial charge is 0.386 e. The highest BCUT2D eigenvalue weighted by Crippen LogP contribution is 2.19. The fourth-order valence-corrected chi connectivity index (χ4v) is 2.84. The number of hydrogen-bond acceptors (Lipinski definition) is 3. The molecule has 5 nitrogen and oxygen atoms in total. The maximum Gasteiger partial charge on any atom is 0.194 e. The van der Waals surface area contributed by atoms with Gasteiger partial charge in [0.05, 0.1) is 13.2 Å². The zero-order valence-electron chi connectivity index (χ0n) is 13.8. The molecule has 0 radical (unpaired) electrons. The topological polar surface area (TPSA) is 57.1 Å². The van der Waals surface area contributed by atoms with Gasteiger partial charge in [-0.1, -0.05) is 18.2 Å². The smallest absolute Gasteiger partial charge is 0.194 e. The molecule has 0 amide bonds. The van der Waals surface area contributed by atoms with Gasteiger partial charge in [-0.2, -0.15) is 0 Å². The molecule has 6 heteroatoms. The molecular weight excluding hydrogens is 297 g/mol. The number of benzene rings is 1. The van der Waals surface area contributed by atoms with Crippen LogP contribution in [0.15, 0.2) is 29.3 Å². The lowest BCUT2D eigenvalue weighted by Gasteiger charge is -2.22. The number of aliphatic hydroxyl groups is 1. The van der Waals surface area contributed by atoms with Crippen molar-refractivity contribution >= 4 is 5.96 Å². The average molecular weight is 323 g/mol. The summed E-state index contributed by atoms with van der Waals surface area (Å²) in [5.74, 6) is 0.864. The van der Waals surface area contributed by atoms with Crippen LogP contribution in [0.2, 0.25) is 0 Å². The number of guanidine groups is 1. The Bertz CT molecular complexity index is 524. The van der Waals surface area contributed by atoms with Crippen molar-refractivity contribution in [3.63, 3.8) is 0 Å². The number of nitrogens with one attached hydrogen (secondary N) is 1. The molecule has 2 atom stereocenters. The highest BCUT2D eigenvalue weighted by atomic mass is 19.1. The predicted octanol–water partition coefficient (Wildman–Crippen LogP) is 1.79. The van der Waals surface area contributed by atoms with E-state index < -0.39 is 11.9 Å². The molecule has 1 saturated heterocycles. The fraction of sp³-hybridized carbons (Fsp3) is 0.588. The normalized spacial score (nSPS) is 19.9. The van der Waals surface area contributed by atoms with Crippen LogP contribution < -0.4 is 5.32 Å². The van der Waals surface area contributed by atoms with E-state index in [1.54, 1.807) is 25.3 Å². The summed E-state index contributed by atoms with van der Waals surface area (Å²) in [5.41, 5.74) is 0.283. The fourth-order valence-electron chi connectivity index (χ4n) is 2.84. The molecule has 2 rings (SSSR count). The van der Waals surface area contributed by atoms with E-state index in [1.807, 2.05) is 6.92 Å². The standard InChI is InChI=1S/C17H26FN3O2/c1-3-19-17(21-9-8-13(11-21)12-23-2)20-10-16(22)14-6-4-5-7-15(14)18/h4-7,13,16,22H,3,8-12H2,1-2H3,(H,19,20). The number of likely N-dealkylation sites (tertiary alicyclic amines) is 1. The van der Waals surface area contributed by atoms with Crippen molar-refractivity contribution in [3.05, 3.63) is 35.6 Å². The second-order valence-corrected chi connectivity index (χ2v) is 5.79. The summed E-state index contributed by atoms with van der Waals surface area (Å²) >= 11 is 0. The van der Waals surface area contributed by atoms with Crippen LogP contribution in [0, 0.1) is 11.7 Å². The summed E-state index contributed by atoms with van der Waals surface area (Å²) in [6.45, 7) is 5.43. The Kier molecular flexibility index (Phi) is 6.80. The molecule has 0 spiro atoms. The molecule has 0 aromatic heterocycles. The maximum absolute atomic E-state index is 13.7. The first-order chi connectivity index (χ1) is 11.2. The summed E-state index contributed by atoms with van der Waals surface area (Å²) in [4.78, 5) is 6.65. The van der Waals surface area contributed by atoms with Crippen LogP contribution in [0.4, 0.5) is 4.39 Å². The van der Waals surface area contributed by atoms with Crippen molar-refractivity contribution in [3.8, 4) is 0 Å². The van der Waals surface area contributed by atoms with E-state index >= 15 is 0 Å². The predicted molar refractivity (Wildman–Crippen MR) is 88.9 cm³/mol. The van der Waals surface area contributed by atoms with Gasteiger partial charge in [0.25, 0.3) is 0 Å². The lowest BCUT2D eigenvalue weighted by atomic mass is 10.1. The molecule has 1 aromatic rings. The van der Waals surface area contributed by atoms with Crippen LogP contribution in [0.3, 0.4) is 0 Å². The third kappa shape index (κ3) is 4.91. The third-order valence-corrected chi connectivity index (χ3v) is 4.00. The Morgan fingerprint density at radius 1 is 1.52 bits per heavy atom. The highest BCUT2D eigenvalue weighted by Gasteiger charge is 2.25. The number of aliphatic hydroxyl groups excluding tert-OH is 1. The van der Waals surface area contributed by atoms with Crippen molar-refractivity contribution in [2.45, 2.75) is 19.4 Å². The second kappa shape index (κ2) is 8.84. The minimum atomic E-state index is -0.942. The number of aliphatic imine (C=N–C) groups is 1. The Labute approximate surface area is 137 Å². The molecule has 2 unspecified atom stereocenters. The molecule has 1 aromatic carbocycles. The van der Waals surface area contributed by atoms with Crippen molar-refractivity contribution in [1.29, 1.82) is 0 Å². The summed E-state index contributed by atoms with van der Waals surface area (Å²) in [5, 5.41) is 13.4. The van der Waals surface area contributed by atoms with Gasteiger partial charge < -0.3 is 20.1 Å². The van der Waals surface area contributed by atoms with Crippen LogP contribution in [0.1, 0.15) is 25.0 Å². The summed E-state index contributed by atoms with van der Waals surface area (Å²) in [6.07, 6.45) is 0.121. The Balaban J connectivity index is 2.00. The molecule has 0 aliphatic carbocycles. The first-order valence-corrected chi connectivity index (χ1v) is 8.10.